The normalized spacial score (nSPS) is 12.8. The minimum absolute atomic E-state index is 0.0901. The first-order valence-electron chi connectivity index (χ1n) is 4.61. The summed E-state index contributed by atoms with van der Waals surface area (Å²) in [4.78, 5) is 0.0901. The molecule has 3 nitrogen and oxygen atoms in total. The smallest absolute Gasteiger partial charge is 0.207 e. The van der Waals surface area contributed by atoms with Gasteiger partial charge >= 0.3 is 0 Å². The molecule has 0 bridgehead atoms. The van der Waals surface area contributed by atoms with E-state index in [2.05, 4.69) is 20.7 Å². The molecule has 0 amide bonds. The van der Waals surface area contributed by atoms with Crippen LogP contribution < -0.4 is 4.72 Å². The first-order chi connectivity index (χ1) is 7.12. The first kappa shape index (κ1) is 14.0. The molecular weight excluding hydrogens is 314 g/mol. The number of nitrogens with one attached hydrogen (secondary N) is 1. The predicted molar refractivity (Wildman–Crippen MR) is 69.2 cm³/mol. The molecule has 0 unspecified atom stereocenters. The van der Waals surface area contributed by atoms with Crippen molar-refractivity contribution in [1.29, 1.82) is 0 Å². The molecule has 0 saturated heterocycles. The van der Waals surface area contributed by atoms with E-state index in [4.69, 9.17) is 11.6 Å². The summed E-state index contributed by atoms with van der Waals surface area (Å²) in [5, 5.41) is 0.200. The molecule has 0 aliphatic carbocycles. The number of halogens is 2. The highest BCUT2D eigenvalue weighted by atomic mass is 79.9. The number of hydrogen-bond acceptors (Lipinski definition) is 2. The van der Waals surface area contributed by atoms with Crippen LogP contribution in [0.5, 0.6) is 0 Å². The van der Waals surface area contributed by atoms with Crippen LogP contribution >= 0.6 is 27.5 Å². The summed E-state index contributed by atoms with van der Waals surface area (Å²) in [6, 6.07) is 4.67. The van der Waals surface area contributed by atoms with E-state index in [-0.39, 0.29) is 9.92 Å². The van der Waals surface area contributed by atoms with Crippen molar-refractivity contribution in [3.05, 3.63) is 27.7 Å². The van der Waals surface area contributed by atoms with Gasteiger partial charge in [-0.25, -0.2) is 13.1 Å². The number of sulfonamides is 1. The van der Waals surface area contributed by atoms with Gasteiger partial charge in [0.25, 0.3) is 0 Å². The zero-order chi connectivity index (χ0) is 12.6. The quantitative estimate of drug-likeness (QED) is 0.907. The van der Waals surface area contributed by atoms with Crippen LogP contribution in [0.25, 0.3) is 0 Å². The SMILES string of the molecule is CC(C)(C)NS(=O)(=O)c1ccc(Br)cc1Cl. The minimum Gasteiger partial charge on any atom is -0.207 e. The van der Waals surface area contributed by atoms with Crippen LogP contribution in [-0.4, -0.2) is 14.0 Å². The molecule has 1 aromatic rings. The zero-order valence-corrected chi connectivity index (χ0v) is 12.4. The summed E-state index contributed by atoms with van der Waals surface area (Å²) < 4.78 is 27.2. The molecule has 6 heteroatoms. The van der Waals surface area contributed by atoms with Crippen LogP contribution in [-0.2, 0) is 10.0 Å². The van der Waals surface area contributed by atoms with Crippen LogP contribution in [0.3, 0.4) is 0 Å². The predicted octanol–water partition coefficient (Wildman–Crippen LogP) is 3.18. The van der Waals surface area contributed by atoms with E-state index >= 15 is 0 Å². The van der Waals surface area contributed by atoms with Crippen LogP contribution in [0.4, 0.5) is 0 Å². The van der Waals surface area contributed by atoms with Crippen molar-refractivity contribution in [2.45, 2.75) is 31.2 Å². The van der Waals surface area contributed by atoms with Crippen molar-refractivity contribution in [2.75, 3.05) is 0 Å². The fourth-order valence-corrected chi connectivity index (χ4v) is 3.61. The van der Waals surface area contributed by atoms with Gasteiger partial charge in [0.2, 0.25) is 10.0 Å². The average Bonchev–Trinajstić information content (AvgIpc) is 1.97. The molecule has 0 spiro atoms. The highest BCUT2D eigenvalue weighted by Gasteiger charge is 2.23. The molecule has 0 radical (unpaired) electrons. The zero-order valence-electron chi connectivity index (χ0n) is 9.21. The van der Waals surface area contributed by atoms with Crippen molar-refractivity contribution < 1.29 is 8.42 Å². The third-order valence-corrected chi connectivity index (χ3v) is 4.36. The largest absolute Gasteiger partial charge is 0.242 e. The van der Waals surface area contributed by atoms with Crippen molar-refractivity contribution >= 4 is 37.6 Å². The Kier molecular flexibility index (Phi) is 4.05. The lowest BCUT2D eigenvalue weighted by Gasteiger charge is -2.20. The summed E-state index contributed by atoms with van der Waals surface area (Å²) in [5.41, 5.74) is -0.533. The number of benzene rings is 1. The third-order valence-electron chi connectivity index (χ3n) is 1.62. The van der Waals surface area contributed by atoms with E-state index in [1.807, 2.05) is 0 Å². The first-order valence-corrected chi connectivity index (χ1v) is 7.26. The Labute approximate surface area is 109 Å². The van der Waals surface area contributed by atoms with Gasteiger partial charge < -0.3 is 0 Å². The Morgan fingerprint density at radius 2 is 1.88 bits per heavy atom. The lowest BCUT2D eigenvalue weighted by Crippen LogP contribution is -2.40. The topological polar surface area (TPSA) is 46.2 Å². The highest BCUT2D eigenvalue weighted by Crippen LogP contribution is 2.25. The van der Waals surface area contributed by atoms with Gasteiger partial charge in [-0.2, -0.15) is 0 Å². The van der Waals surface area contributed by atoms with Gasteiger partial charge in [0.1, 0.15) is 4.90 Å². The van der Waals surface area contributed by atoms with E-state index in [1.165, 1.54) is 6.07 Å². The number of hydrogen-bond donors (Lipinski definition) is 1. The Morgan fingerprint density at radius 1 is 1.31 bits per heavy atom. The molecule has 0 atom stereocenters. The maximum atomic E-state index is 12.0. The van der Waals surface area contributed by atoms with E-state index in [0.717, 1.165) is 4.47 Å². The lowest BCUT2D eigenvalue weighted by molar-refractivity contribution is 0.491. The second-order valence-electron chi connectivity index (χ2n) is 4.43. The Bertz CT molecular complexity index is 494. The molecule has 90 valence electrons. The van der Waals surface area contributed by atoms with Gasteiger partial charge in [-0.15, -0.1) is 0 Å². The van der Waals surface area contributed by atoms with E-state index in [9.17, 15) is 8.42 Å². The summed E-state index contributed by atoms with van der Waals surface area (Å²) in [6.45, 7) is 5.33. The van der Waals surface area contributed by atoms with Gasteiger partial charge in [-0.1, -0.05) is 27.5 Å². The third kappa shape index (κ3) is 3.73. The van der Waals surface area contributed by atoms with Crippen molar-refractivity contribution in [3.63, 3.8) is 0 Å². The van der Waals surface area contributed by atoms with E-state index in [1.54, 1.807) is 32.9 Å². The Balaban J connectivity index is 3.18. The van der Waals surface area contributed by atoms with Gasteiger partial charge in [0, 0.05) is 10.0 Å². The van der Waals surface area contributed by atoms with Gasteiger partial charge in [0.15, 0.2) is 0 Å². The second kappa shape index (κ2) is 4.64. The van der Waals surface area contributed by atoms with Crippen LogP contribution in [0.15, 0.2) is 27.6 Å². The average molecular weight is 327 g/mol. The molecule has 0 aromatic heterocycles. The molecule has 0 aliphatic heterocycles. The summed E-state index contributed by atoms with van der Waals surface area (Å²) in [7, 11) is -3.57. The number of rotatable bonds is 2. The van der Waals surface area contributed by atoms with E-state index < -0.39 is 15.6 Å². The monoisotopic (exact) mass is 325 g/mol. The fourth-order valence-electron chi connectivity index (χ4n) is 1.15. The van der Waals surface area contributed by atoms with Crippen molar-refractivity contribution in [2.24, 2.45) is 0 Å². The fraction of sp³-hybridized carbons (Fsp3) is 0.400. The van der Waals surface area contributed by atoms with Gasteiger partial charge in [0.05, 0.1) is 5.02 Å². The maximum Gasteiger partial charge on any atom is 0.242 e. The standard InChI is InChI=1S/C10H13BrClNO2S/c1-10(2,3)13-16(14,15)9-5-4-7(11)6-8(9)12/h4-6,13H,1-3H3. The van der Waals surface area contributed by atoms with Gasteiger partial charge in [-0.05, 0) is 39.0 Å². The van der Waals surface area contributed by atoms with Crippen LogP contribution in [0.1, 0.15) is 20.8 Å². The molecule has 0 aliphatic rings. The lowest BCUT2D eigenvalue weighted by atomic mass is 10.1. The Hall–Kier alpha value is -0.100. The summed E-state index contributed by atoms with van der Waals surface area (Å²) >= 11 is 9.12. The maximum absolute atomic E-state index is 12.0. The molecule has 0 fully saturated rings. The molecule has 1 aromatic carbocycles. The van der Waals surface area contributed by atoms with Crippen LogP contribution in [0, 0.1) is 0 Å². The molecule has 1 N–H and O–H groups in total. The molecular formula is C10H13BrClNO2S. The summed E-state index contributed by atoms with van der Waals surface area (Å²) in [5.74, 6) is 0. The van der Waals surface area contributed by atoms with Crippen molar-refractivity contribution in [3.8, 4) is 0 Å². The second-order valence-corrected chi connectivity index (χ2v) is 7.40. The summed E-state index contributed by atoms with van der Waals surface area (Å²) in [6.07, 6.45) is 0. The highest BCUT2D eigenvalue weighted by molar-refractivity contribution is 9.10. The molecule has 1 rings (SSSR count). The molecule has 16 heavy (non-hydrogen) atoms. The molecule has 0 heterocycles. The minimum atomic E-state index is -3.57. The van der Waals surface area contributed by atoms with Gasteiger partial charge in [-0.3, -0.25) is 0 Å². The van der Waals surface area contributed by atoms with E-state index in [0.29, 0.717) is 0 Å². The van der Waals surface area contributed by atoms with Crippen LogP contribution in [0.2, 0.25) is 5.02 Å². The molecule has 0 saturated carbocycles. The van der Waals surface area contributed by atoms with Crippen molar-refractivity contribution in [1.82, 2.24) is 4.72 Å². The Morgan fingerprint density at radius 3 is 2.31 bits per heavy atom.